The van der Waals surface area contributed by atoms with Gasteiger partial charge in [0, 0.05) is 38.1 Å². The van der Waals surface area contributed by atoms with Crippen molar-refractivity contribution in [3.05, 3.63) is 45.9 Å². The molecule has 1 aliphatic heterocycles. The molecule has 0 unspecified atom stereocenters. The summed E-state index contributed by atoms with van der Waals surface area (Å²) in [6.07, 6.45) is 0. The molecule has 1 aromatic heterocycles. The van der Waals surface area contributed by atoms with Crippen LogP contribution in [0.5, 0.6) is 0 Å². The van der Waals surface area contributed by atoms with E-state index in [0.717, 1.165) is 42.5 Å². The lowest BCUT2D eigenvalue weighted by Crippen LogP contribution is -2.45. The molecular weight excluding hydrogens is 322 g/mol. The Labute approximate surface area is 126 Å². The van der Waals surface area contributed by atoms with E-state index in [1.165, 1.54) is 5.56 Å². The lowest BCUT2D eigenvalue weighted by Gasteiger charge is -2.34. The number of benzene rings is 1. The number of rotatable bonds is 3. The number of anilines is 1. The Morgan fingerprint density at radius 2 is 1.84 bits per heavy atom. The van der Waals surface area contributed by atoms with Crippen molar-refractivity contribution in [2.45, 2.75) is 6.54 Å². The molecule has 1 saturated heterocycles. The average molecular weight is 338 g/mol. The standard InChI is InChI=1S/C14H16BrN3S/c15-13-11-19-14(16-13)18-8-6-17(7-9-18)10-12-4-2-1-3-5-12/h1-5,11H,6-10H2. The molecule has 0 radical (unpaired) electrons. The van der Waals surface area contributed by atoms with Crippen molar-refractivity contribution in [3.8, 4) is 0 Å². The first-order valence-corrected chi connectivity index (χ1v) is 8.11. The third-order valence-electron chi connectivity index (χ3n) is 3.36. The van der Waals surface area contributed by atoms with Gasteiger partial charge in [-0.1, -0.05) is 30.3 Å². The van der Waals surface area contributed by atoms with Gasteiger partial charge in [0.15, 0.2) is 5.13 Å². The first kappa shape index (κ1) is 13.1. The second-order valence-electron chi connectivity index (χ2n) is 4.70. The van der Waals surface area contributed by atoms with Crippen LogP contribution >= 0.6 is 27.3 Å². The van der Waals surface area contributed by atoms with Gasteiger partial charge in [0.1, 0.15) is 4.60 Å². The molecule has 0 atom stereocenters. The van der Waals surface area contributed by atoms with E-state index in [1.807, 2.05) is 5.38 Å². The minimum Gasteiger partial charge on any atom is -0.345 e. The molecule has 2 heterocycles. The topological polar surface area (TPSA) is 19.4 Å². The number of hydrogen-bond acceptors (Lipinski definition) is 4. The molecule has 5 heteroatoms. The summed E-state index contributed by atoms with van der Waals surface area (Å²) in [5.41, 5.74) is 1.40. The first-order chi connectivity index (χ1) is 9.31. The highest BCUT2D eigenvalue weighted by Gasteiger charge is 2.19. The van der Waals surface area contributed by atoms with Gasteiger partial charge in [-0.25, -0.2) is 4.98 Å². The molecule has 0 aliphatic carbocycles. The molecule has 100 valence electrons. The van der Waals surface area contributed by atoms with Gasteiger partial charge in [-0.15, -0.1) is 11.3 Å². The zero-order valence-corrected chi connectivity index (χ0v) is 13.0. The number of hydrogen-bond donors (Lipinski definition) is 0. The van der Waals surface area contributed by atoms with Crippen LogP contribution in [0.3, 0.4) is 0 Å². The SMILES string of the molecule is Brc1csc(N2CCN(Cc3ccccc3)CC2)n1. The summed E-state index contributed by atoms with van der Waals surface area (Å²) in [5, 5.41) is 3.18. The van der Waals surface area contributed by atoms with E-state index >= 15 is 0 Å². The van der Waals surface area contributed by atoms with Gasteiger partial charge in [-0.2, -0.15) is 0 Å². The second kappa shape index (κ2) is 6.03. The fraction of sp³-hybridized carbons (Fsp3) is 0.357. The Hall–Kier alpha value is -0.910. The Kier molecular flexibility index (Phi) is 4.15. The van der Waals surface area contributed by atoms with Crippen LogP contribution in [-0.4, -0.2) is 36.1 Å². The van der Waals surface area contributed by atoms with E-state index in [-0.39, 0.29) is 0 Å². The van der Waals surface area contributed by atoms with Gasteiger partial charge in [-0.3, -0.25) is 4.90 Å². The highest BCUT2D eigenvalue weighted by molar-refractivity contribution is 9.10. The summed E-state index contributed by atoms with van der Waals surface area (Å²) in [5.74, 6) is 0. The molecule has 1 fully saturated rings. The quantitative estimate of drug-likeness (QED) is 0.857. The summed E-state index contributed by atoms with van der Waals surface area (Å²) >= 11 is 5.13. The summed E-state index contributed by atoms with van der Waals surface area (Å²) in [7, 11) is 0. The maximum absolute atomic E-state index is 4.49. The van der Waals surface area contributed by atoms with Crippen LogP contribution in [-0.2, 0) is 6.54 Å². The van der Waals surface area contributed by atoms with Crippen molar-refractivity contribution >= 4 is 32.4 Å². The van der Waals surface area contributed by atoms with Crippen molar-refractivity contribution in [1.29, 1.82) is 0 Å². The predicted octanol–water partition coefficient (Wildman–Crippen LogP) is 3.23. The van der Waals surface area contributed by atoms with Crippen LogP contribution < -0.4 is 4.90 Å². The zero-order valence-electron chi connectivity index (χ0n) is 10.6. The first-order valence-electron chi connectivity index (χ1n) is 6.43. The van der Waals surface area contributed by atoms with Crippen LogP contribution in [0.25, 0.3) is 0 Å². The molecule has 0 spiro atoms. The van der Waals surface area contributed by atoms with Crippen molar-refractivity contribution in [2.75, 3.05) is 31.1 Å². The normalized spacial score (nSPS) is 16.8. The highest BCUT2D eigenvalue weighted by atomic mass is 79.9. The third kappa shape index (κ3) is 3.35. The highest BCUT2D eigenvalue weighted by Crippen LogP contribution is 2.24. The van der Waals surface area contributed by atoms with E-state index in [1.54, 1.807) is 11.3 Å². The molecule has 1 aliphatic rings. The summed E-state index contributed by atoms with van der Waals surface area (Å²) in [6, 6.07) is 10.7. The van der Waals surface area contributed by atoms with E-state index in [9.17, 15) is 0 Å². The number of thiazole rings is 1. The molecule has 0 bridgehead atoms. The Bertz CT molecular complexity index is 520. The Morgan fingerprint density at radius 3 is 2.47 bits per heavy atom. The average Bonchev–Trinajstić information content (AvgIpc) is 2.87. The van der Waals surface area contributed by atoms with Gasteiger partial charge < -0.3 is 4.90 Å². The maximum Gasteiger partial charge on any atom is 0.186 e. The predicted molar refractivity (Wildman–Crippen MR) is 83.7 cm³/mol. The number of halogens is 1. The van der Waals surface area contributed by atoms with Gasteiger partial charge >= 0.3 is 0 Å². The van der Waals surface area contributed by atoms with Gasteiger partial charge in [0.05, 0.1) is 0 Å². The fourth-order valence-electron chi connectivity index (χ4n) is 2.33. The molecule has 0 amide bonds. The van der Waals surface area contributed by atoms with E-state index < -0.39 is 0 Å². The van der Waals surface area contributed by atoms with Crippen LogP contribution in [0.1, 0.15) is 5.56 Å². The smallest absolute Gasteiger partial charge is 0.186 e. The number of aromatic nitrogens is 1. The summed E-state index contributed by atoms with van der Waals surface area (Å²) in [4.78, 5) is 9.37. The zero-order chi connectivity index (χ0) is 13.1. The maximum atomic E-state index is 4.49. The lowest BCUT2D eigenvalue weighted by molar-refractivity contribution is 0.250. The fourth-order valence-corrected chi connectivity index (χ4v) is 3.63. The number of nitrogens with zero attached hydrogens (tertiary/aromatic N) is 3. The molecule has 0 saturated carbocycles. The molecule has 1 aromatic carbocycles. The van der Waals surface area contributed by atoms with Gasteiger partial charge in [0.25, 0.3) is 0 Å². The van der Waals surface area contributed by atoms with E-state index in [4.69, 9.17) is 0 Å². The molecular formula is C14H16BrN3S. The summed E-state index contributed by atoms with van der Waals surface area (Å²) < 4.78 is 0.944. The van der Waals surface area contributed by atoms with Crippen molar-refractivity contribution < 1.29 is 0 Å². The van der Waals surface area contributed by atoms with E-state index in [2.05, 4.69) is 61.0 Å². The van der Waals surface area contributed by atoms with Crippen LogP contribution in [0.4, 0.5) is 5.13 Å². The number of piperazine rings is 1. The minimum atomic E-state index is 0.944. The molecule has 3 nitrogen and oxygen atoms in total. The Balaban J connectivity index is 1.55. The molecule has 0 N–H and O–H groups in total. The molecule has 2 aromatic rings. The minimum absolute atomic E-state index is 0.944. The monoisotopic (exact) mass is 337 g/mol. The molecule has 3 rings (SSSR count). The van der Waals surface area contributed by atoms with Crippen LogP contribution in [0, 0.1) is 0 Å². The second-order valence-corrected chi connectivity index (χ2v) is 6.35. The van der Waals surface area contributed by atoms with Crippen LogP contribution in [0.15, 0.2) is 40.3 Å². The van der Waals surface area contributed by atoms with Crippen molar-refractivity contribution in [3.63, 3.8) is 0 Å². The van der Waals surface area contributed by atoms with Gasteiger partial charge in [0.2, 0.25) is 0 Å². The Morgan fingerprint density at radius 1 is 1.11 bits per heavy atom. The van der Waals surface area contributed by atoms with Crippen LogP contribution in [0.2, 0.25) is 0 Å². The molecule has 19 heavy (non-hydrogen) atoms. The van der Waals surface area contributed by atoms with E-state index in [0.29, 0.717) is 0 Å². The summed E-state index contributed by atoms with van der Waals surface area (Å²) in [6.45, 7) is 5.38. The lowest BCUT2D eigenvalue weighted by atomic mass is 10.2. The van der Waals surface area contributed by atoms with Crippen molar-refractivity contribution in [2.24, 2.45) is 0 Å². The van der Waals surface area contributed by atoms with Gasteiger partial charge in [-0.05, 0) is 21.5 Å². The largest absolute Gasteiger partial charge is 0.345 e. The third-order valence-corrected chi connectivity index (χ3v) is 4.97. The van der Waals surface area contributed by atoms with Crippen molar-refractivity contribution in [1.82, 2.24) is 9.88 Å².